The number of aryl methyl sites for hydroxylation is 4. The number of anilines is 1. The number of thiazole rings is 1. The lowest BCUT2D eigenvalue weighted by Gasteiger charge is -2.25. The highest BCUT2D eigenvalue weighted by atomic mass is 32.1. The highest BCUT2D eigenvalue weighted by Gasteiger charge is 2.23. The molecule has 3 aromatic rings. The number of hydrogen-bond donors (Lipinski definition) is 2. The normalized spacial score (nSPS) is 14.2. The first kappa shape index (κ1) is 20.4. The Kier molecular flexibility index (Phi) is 5.48. The van der Waals surface area contributed by atoms with Gasteiger partial charge in [-0.2, -0.15) is 0 Å². The Bertz CT molecular complexity index is 1130. The quantitative estimate of drug-likeness (QED) is 0.623. The van der Waals surface area contributed by atoms with Gasteiger partial charge in [0.1, 0.15) is 10.5 Å². The molecule has 2 aromatic heterocycles. The number of morpholine rings is 1. The van der Waals surface area contributed by atoms with E-state index in [4.69, 9.17) is 9.15 Å². The minimum atomic E-state index is -0.494. The van der Waals surface area contributed by atoms with E-state index in [1.165, 1.54) is 11.3 Å². The minimum Gasteiger partial charge on any atom is -0.450 e. The maximum absolute atomic E-state index is 12.7. The number of aromatic nitrogens is 1. The second-order valence-corrected chi connectivity index (χ2v) is 8.36. The SMILES string of the molecule is Cc1nc(N2CCOCC2)sc1C(=O)NNC(=O)c1oc2c(C)ccc(C)c2c1C. The third-order valence-electron chi connectivity index (χ3n) is 5.25. The van der Waals surface area contributed by atoms with Gasteiger partial charge in [-0.3, -0.25) is 20.4 Å². The second-order valence-electron chi connectivity index (χ2n) is 7.38. The van der Waals surface area contributed by atoms with E-state index in [0.29, 0.717) is 29.4 Å². The number of hydrazine groups is 1. The standard InChI is InChI=1S/C21H24N4O4S/c1-11-5-6-12(2)16-15(11)13(3)17(29-16)19(26)23-24-20(27)18-14(4)22-21(30-18)25-7-9-28-10-8-25/h5-6H,7-10H2,1-4H3,(H,23,26)(H,24,27). The highest BCUT2D eigenvalue weighted by Crippen LogP contribution is 2.30. The molecule has 0 radical (unpaired) electrons. The van der Waals surface area contributed by atoms with Crippen molar-refractivity contribution < 1.29 is 18.7 Å². The summed E-state index contributed by atoms with van der Waals surface area (Å²) >= 11 is 1.30. The van der Waals surface area contributed by atoms with Crippen LogP contribution in [0, 0.1) is 27.7 Å². The first-order chi connectivity index (χ1) is 14.4. The summed E-state index contributed by atoms with van der Waals surface area (Å²) in [7, 11) is 0. The van der Waals surface area contributed by atoms with E-state index in [2.05, 4.69) is 20.7 Å². The number of nitrogens with zero attached hydrogens (tertiary/aromatic N) is 2. The molecule has 8 nitrogen and oxygen atoms in total. The molecule has 158 valence electrons. The Labute approximate surface area is 178 Å². The number of carbonyl (C=O) groups is 2. The van der Waals surface area contributed by atoms with Crippen molar-refractivity contribution in [2.24, 2.45) is 0 Å². The van der Waals surface area contributed by atoms with Crippen molar-refractivity contribution in [1.82, 2.24) is 15.8 Å². The van der Waals surface area contributed by atoms with Crippen LogP contribution in [0.1, 0.15) is 42.6 Å². The molecule has 9 heteroatoms. The summed E-state index contributed by atoms with van der Waals surface area (Å²) in [5, 5.41) is 1.71. The van der Waals surface area contributed by atoms with Crippen LogP contribution >= 0.6 is 11.3 Å². The van der Waals surface area contributed by atoms with E-state index in [1.807, 2.05) is 32.9 Å². The molecule has 30 heavy (non-hydrogen) atoms. The third-order valence-corrected chi connectivity index (χ3v) is 6.47. The maximum atomic E-state index is 12.7. The lowest BCUT2D eigenvalue weighted by molar-refractivity contribution is 0.0833. The molecule has 2 N–H and O–H groups in total. The first-order valence-corrected chi connectivity index (χ1v) is 10.6. The Morgan fingerprint density at radius 2 is 1.70 bits per heavy atom. The van der Waals surface area contributed by atoms with Gasteiger partial charge in [0.25, 0.3) is 5.91 Å². The van der Waals surface area contributed by atoms with E-state index < -0.39 is 11.8 Å². The van der Waals surface area contributed by atoms with Crippen molar-refractivity contribution in [3.8, 4) is 0 Å². The van der Waals surface area contributed by atoms with E-state index in [1.54, 1.807) is 6.92 Å². The van der Waals surface area contributed by atoms with Crippen molar-refractivity contribution in [2.75, 3.05) is 31.2 Å². The van der Waals surface area contributed by atoms with Crippen LogP contribution in [0.2, 0.25) is 0 Å². The van der Waals surface area contributed by atoms with Gasteiger partial charge in [0.05, 0.1) is 18.9 Å². The lowest BCUT2D eigenvalue weighted by atomic mass is 10.0. The zero-order valence-corrected chi connectivity index (χ0v) is 18.2. The Morgan fingerprint density at radius 1 is 1.03 bits per heavy atom. The summed E-state index contributed by atoms with van der Waals surface area (Å²) in [6.07, 6.45) is 0. The fourth-order valence-electron chi connectivity index (χ4n) is 3.60. The number of ether oxygens (including phenoxy) is 1. The van der Waals surface area contributed by atoms with E-state index in [9.17, 15) is 9.59 Å². The second kappa shape index (κ2) is 8.08. The van der Waals surface area contributed by atoms with Crippen molar-refractivity contribution in [1.29, 1.82) is 0 Å². The van der Waals surface area contributed by atoms with E-state index >= 15 is 0 Å². The zero-order valence-electron chi connectivity index (χ0n) is 17.4. The molecule has 0 atom stereocenters. The molecular formula is C21H24N4O4S. The predicted molar refractivity (Wildman–Crippen MR) is 115 cm³/mol. The largest absolute Gasteiger partial charge is 0.450 e. The number of amides is 2. The lowest BCUT2D eigenvalue weighted by Crippen LogP contribution is -2.41. The Hall–Kier alpha value is -2.91. The van der Waals surface area contributed by atoms with Gasteiger partial charge in [-0.15, -0.1) is 0 Å². The monoisotopic (exact) mass is 428 g/mol. The van der Waals surface area contributed by atoms with E-state index in [0.717, 1.165) is 40.3 Å². The number of fused-ring (bicyclic) bond motifs is 1. The molecule has 0 aliphatic carbocycles. The highest BCUT2D eigenvalue weighted by molar-refractivity contribution is 7.17. The van der Waals surface area contributed by atoms with Gasteiger partial charge in [0.2, 0.25) is 0 Å². The van der Waals surface area contributed by atoms with Gasteiger partial charge in [-0.05, 0) is 38.8 Å². The van der Waals surface area contributed by atoms with Crippen molar-refractivity contribution in [2.45, 2.75) is 27.7 Å². The van der Waals surface area contributed by atoms with Gasteiger partial charge in [0.15, 0.2) is 10.9 Å². The number of furan rings is 1. The number of benzene rings is 1. The number of hydrogen-bond acceptors (Lipinski definition) is 7. The van der Waals surface area contributed by atoms with Crippen LogP contribution in [0.5, 0.6) is 0 Å². The summed E-state index contributed by atoms with van der Waals surface area (Å²) in [5.74, 6) is -0.705. The molecule has 0 unspecified atom stereocenters. The summed E-state index contributed by atoms with van der Waals surface area (Å²) in [5.41, 5.74) is 9.01. The average Bonchev–Trinajstić information content (AvgIpc) is 3.31. The zero-order chi connectivity index (χ0) is 21.4. The van der Waals surface area contributed by atoms with E-state index in [-0.39, 0.29) is 5.76 Å². The smallest absolute Gasteiger partial charge is 0.305 e. The molecule has 1 aliphatic heterocycles. The van der Waals surface area contributed by atoms with Gasteiger partial charge in [-0.25, -0.2) is 4.98 Å². The molecule has 1 aromatic carbocycles. The molecule has 1 fully saturated rings. The number of nitrogens with one attached hydrogen (secondary N) is 2. The molecule has 0 spiro atoms. The topological polar surface area (TPSA) is 96.7 Å². The first-order valence-electron chi connectivity index (χ1n) is 9.77. The maximum Gasteiger partial charge on any atom is 0.305 e. The molecule has 3 heterocycles. The van der Waals surface area contributed by atoms with Crippen molar-refractivity contribution >= 4 is 39.3 Å². The molecule has 0 bridgehead atoms. The number of carbonyl (C=O) groups excluding carboxylic acids is 2. The van der Waals surface area contributed by atoms with Crippen LogP contribution in [-0.4, -0.2) is 43.1 Å². The van der Waals surface area contributed by atoms with Gasteiger partial charge in [-0.1, -0.05) is 23.5 Å². The fraction of sp³-hybridized carbons (Fsp3) is 0.381. The van der Waals surface area contributed by atoms with Crippen LogP contribution in [0.4, 0.5) is 5.13 Å². The fourth-order valence-corrected chi connectivity index (χ4v) is 4.62. The minimum absolute atomic E-state index is 0.192. The summed E-state index contributed by atoms with van der Waals surface area (Å²) in [6, 6.07) is 3.96. The summed E-state index contributed by atoms with van der Waals surface area (Å²) in [6.45, 7) is 10.3. The molecular weight excluding hydrogens is 404 g/mol. The molecule has 2 amide bonds. The molecule has 1 saturated heterocycles. The predicted octanol–water partition coefficient (Wildman–Crippen LogP) is 3.03. The molecule has 1 aliphatic rings. The van der Waals surface area contributed by atoms with Crippen LogP contribution in [0.25, 0.3) is 11.0 Å². The third kappa shape index (κ3) is 3.66. The van der Waals surface area contributed by atoms with Crippen molar-refractivity contribution in [3.63, 3.8) is 0 Å². The summed E-state index contributed by atoms with van der Waals surface area (Å²) < 4.78 is 11.2. The Morgan fingerprint density at radius 3 is 2.40 bits per heavy atom. The number of rotatable bonds is 3. The summed E-state index contributed by atoms with van der Waals surface area (Å²) in [4.78, 5) is 32.4. The Balaban J connectivity index is 1.48. The molecule has 4 rings (SSSR count). The van der Waals surface area contributed by atoms with Gasteiger partial charge < -0.3 is 14.1 Å². The van der Waals surface area contributed by atoms with Gasteiger partial charge in [0, 0.05) is 24.0 Å². The molecule has 0 saturated carbocycles. The van der Waals surface area contributed by atoms with Crippen LogP contribution < -0.4 is 15.8 Å². The average molecular weight is 429 g/mol. The van der Waals surface area contributed by atoms with Crippen molar-refractivity contribution in [3.05, 3.63) is 45.2 Å². The van der Waals surface area contributed by atoms with Crippen LogP contribution in [0.15, 0.2) is 16.5 Å². The van der Waals surface area contributed by atoms with Gasteiger partial charge >= 0.3 is 5.91 Å². The van der Waals surface area contributed by atoms with Crippen LogP contribution in [0.3, 0.4) is 0 Å². The van der Waals surface area contributed by atoms with Crippen LogP contribution in [-0.2, 0) is 4.74 Å².